The van der Waals surface area contributed by atoms with E-state index in [4.69, 9.17) is 0 Å². The zero-order valence-corrected chi connectivity index (χ0v) is 15.2. The van der Waals surface area contributed by atoms with Gasteiger partial charge in [0.25, 0.3) is 0 Å². The van der Waals surface area contributed by atoms with Crippen molar-refractivity contribution in [2.45, 2.75) is 38.5 Å². The molecule has 25 heavy (non-hydrogen) atoms. The van der Waals surface area contributed by atoms with E-state index in [0.717, 1.165) is 56.6 Å². The standard InChI is InChI=1S/C19H25N3O2.ClH/c23-17(13-7-8-13)21-15-5-3-6-16(10-15)22-18(24)19-9-2-1-4-14(19)11-20-12-19;/h3,5-6,10,13-14,20H,1-2,4,7-9,11-12H2,(H,21,23)(H,22,24);1H/t14-,19+;/m0./s1. The van der Waals surface area contributed by atoms with Crippen molar-refractivity contribution in [3.8, 4) is 0 Å². The second-order valence-corrected chi connectivity index (χ2v) is 7.53. The molecule has 1 aromatic carbocycles. The van der Waals surface area contributed by atoms with Gasteiger partial charge in [-0.3, -0.25) is 9.59 Å². The van der Waals surface area contributed by atoms with Crippen molar-refractivity contribution in [1.29, 1.82) is 0 Å². The van der Waals surface area contributed by atoms with Gasteiger partial charge in [-0.2, -0.15) is 0 Å². The molecule has 3 aliphatic rings. The molecule has 1 aromatic rings. The van der Waals surface area contributed by atoms with Crippen molar-refractivity contribution in [1.82, 2.24) is 5.32 Å². The van der Waals surface area contributed by atoms with Crippen molar-refractivity contribution in [2.75, 3.05) is 23.7 Å². The Kier molecular flexibility index (Phi) is 5.35. The fourth-order valence-electron chi connectivity index (χ4n) is 4.21. The number of rotatable bonds is 4. The monoisotopic (exact) mass is 363 g/mol. The zero-order chi connectivity index (χ0) is 16.6. The maximum Gasteiger partial charge on any atom is 0.232 e. The van der Waals surface area contributed by atoms with Crippen LogP contribution in [0, 0.1) is 17.3 Å². The van der Waals surface area contributed by atoms with Crippen molar-refractivity contribution in [3.63, 3.8) is 0 Å². The minimum absolute atomic E-state index is 0. The molecule has 0 bridgehead atoms. The SMILES string of the molecule is Cl.O=C(Nc1cccc(NC(=O)[C@@]23CCCC[C@H]2CNC3)c1)C1CC1. The second-order valence-electron chi connectivity index (χ2n) is 7.53. The Morgan fingerprint density at radius 3 is 2.60 bits per heavy atom. The molecule has 5 nitrogen and oxygen atoms in total. The number of carbonyl (C=O) groups excluding carboxylic acids is 2. The molecule has 3 fully saturated rings. The lowest BCUT2D eigenvalue weighted by Crippen LogP contribution is -2.44. The number of halogens is 1. The molecule has 1 saturated heterocycles. The van der Waals surface area contributed by atoms with Gasteiger partial charge in [-0.15, -0.1) is 12.4 Å². The van der Waals surface area contributed by atoms with Crippen molar-refractivity contribution in [2.24, 2.45) is 17.3 Å². The highest BCUT2D eigenvalue weighted by molar-refractivity contribution is 5.98. The minimum atomic E-state index is -0.258. The molecule has 2 atom stereocenters. The number of fused-ring (bicyclic) bond motifs is 1. The van der Waals surface area contributed by atoms with Crippen LogP contribution in [0.2, 0.25) is 0 Å². The summed E-state index contributed by atoms with van der Waals surface area (Å²) in [5, 5.41) is 9.45. The molecule has 1 aliphatic heterocycles. The molecule has 1 heterocycles. The maximum atomic E-state index is 13.0. The molecule has 2 aliphatic carbocycles. The number of carbonyl (C=O) groups is 2. The van der Waals surface area contributed by atoms with Crippen molar-refractivity contribution < 1.29 is 9.59 Å². The van der Waals surface area contributed by atoms with Gasteiger partial charge in [0, 0.05) is 23.8 Å². The van der Waals surface area contributed by atoms with Crippen LogP contribution in [0.4, 0.5) is 11.4 Å². The van der Waals surface area contributed by atoms with Gasteiger partial charge in [0.05, 0.1) is 5.41 Å². The summed E-state index contributed by atoms with van der Waals surface area (Å²) < 4.78 is 0. The van der Waals surface area contributed by atoms with E-state index >= 15 is 0 Å². The first-order valence-electron chi connectivity index (χ1n) is 9.10. The van der Waals surface area contributed by atoms with Crippen LogP contribution in [0.15, 0.2) is 24.3 Å². The van der Waals surface area contributed by atoms with E-state index in [1.807, 2.05) is 24.3 Å². The molecular formula is C19H26ClN3O2. The smallest absolute Gasteiger partial charge is 0.232 e. The lowest BCUT2D eigenvalue weighted by atomic mass is 9.67. The largest absolute Gasteiger partial charge is 0.326 e. The Morgan fingerprint density at radius 1 is 1.08 bits per heavy atom. The van der Waals surface area contributed by atoms with Gasteiger partial charge in [0.1, 0.15) is 0 Å². The summed E-state index contributed by atoms with van der Waals surface area (Å²) in [6, 6.07) is 7.49. The molecule has 136 valence electrons. The van der Waals surface area contributed by atoms with Crippen LogP contribution in [-0.2, 0) is 9.59 Å². The molecule has 2 saturated carbocycles. The Labute approximate surface area is 154 Å². The quantitative estimate of drug-likeness (QED) is 0.769. The number of hydrogen-bond acceptors (Lipinski definition) is 3. The van der Waals surface area contributed by atoms with E-state index in [0.29, 0.717) is 5.92 Å². The van der Waals surface area contributed by atoms with Crippen LogP contribution in [0.5, 0.6) is 0 Å². The molecule has 6 heteroatoms. The van der Waals surface area contributed by atoms with Crippen LogP contribution in [0.1, 0.15) is 38.5 Å². The summed E-state index contributed by atoms with van der Waals surface area (Å²) in [6.07, 6.45) is 6.43. The number of nitrogens with one attached hydrogen (secondary N) is 3. The highest BCUT2D eigenvalue weighted by Crippen LogP contribution is 2.44. The van der Waals surface area contributed by atoms with Gasteiger partial charge in [-0.1, -0.05) is 18.9 Å². The summed E-state index contributed by atoms with van der Waals surface area (Å²) >= 11 is 0. The Balaban J connectivity index is 0.00000182. The van der Waals surface area contributed by atoms with Gasteiger partial charge in [-0.05, 0) is 56.3 Å². The predicted molar refractivity (Wildman–Crippen MR) is 101 cm³/mol. The normalized spacial score (nSPS) is 27.8. The van der Waals surface area contributed by atoms with E-state index in [1.54, 1.807) is 0 Å². The maximum absolute atomic E-state index is 13.0. The Bertz CT molecular complexity index is 662. The second kappa shape index (κ2) is 7.34. The molecule has 0 spiro atoms. The topological polar surface area (TPSA) is 70.2 Å². The highest BCUT2D eigenvalue weighted by atomic mass is 35.5. The van der Waals surface area contributed by atoms with Gasteiger partial charge < -0.3 is 16.0 Å². The molecule has 2 amide bonds. The average Bonchev–Trinajstić information content (AvgIpc) is 3.34. The summed E-state index contributed by atoms with van der Waals surface area (Å²) in [7, 11) is 0. The van der Waals surface area contributed by atoms with E-state index < -0.39 is 0 Å². The summed E-state index contributed by atoms with van der Waals surface area (Å²) in [5.74, 6) is 0.839. The number of amides is 2. The van der Waals surface area contributed by atoms with Gasteiger partial charge in [-0.25, -0.2) is 0 Å². The van der Waals surface area contributed by atoms with Crippen molar-refractivity contribution in [3.05, 3.63) is 24.3 Å². The van der Waals surface area contributed by atoms with Crippen LogP contribution < -0.4 is 16.0 Å². The van der Waals surface area contributed by atoms with Crippen LogP contribution in [0.25, 0.3) is 0 Å². The molecule has 0 aromatic heterocycles. The lowest BCUT2D eigenvalue weighted by molar-refractivity contribution is -0.128. The van der Waals surface area contributed by atoms with Crippen molar-refractivity contribution >= 4 is 35.6 Å². The third-order valence-corrected chi connectivity index (χ3v) is 5.83. The first kappa shape index (κ1) is 18.2. The molecule has 3 N–H and O–H groups in total. The lowest BCUT2D eigenvalue weighted by Gasteiger charge is -2.37. The summed E-state index contributed by atoms with van der Waals surface area (Å²) in [4.78, 5) is 24.9. The van der Waals surface area contributed by atoms with E-state index in [2.05, 4.69) is 16.0 Å². The predicted octanol–water partition coefficient (Wildman–Crippen LogP) is 3.18. The molecular weight excluding hydrogens is 338 g/mol. The summed E-state index contributed by atoms with van der Waals surface area (Å²) in [5.41, 5.74) is 1.26. The van der Waals surface area contributed by atoms with Gasteiger partial charge in [0.2, 0.25) is 11.8 Å². The van der Waals surface area contributed by atoms with E-state index in [1.165, 1.54) is 6.42 Å². The summed E-state index contributed by atoms with van der Waals surface area (Å²) in [6.45, 7) is 1.73. The fourth-order valence-corrected chi connectivity index (χ4v) is 4.21. The number of anilines is 2. The molecule has 4 rings (SSSR count). The third kappa shape index (κ3) is 3.67. The number of hydrogen-bond donors (Lipinski definition) is 3. The molecule has 0 unspecified atom stereocenters. The fraction of sp³-hybridized carbons (Fsp3) is 0.579. The van der Waals surface area contributed by atoms with Crippen LogP contribution in [-0.4, -0.2) is 24.9 Å². The number of benzene rings is 1. The van der Waals surface area contributed by atoms with Crippen LogP contribution in [0.3, 0.4) is 0 Å². The van der Waals surface area contributed by atoms with Gasteiger partial charge >= 0.3 is 0 Å². The third-order valence-electron chi connectivity index (χ3n) is 5.83. The van der Waals surface area contributed by atoms with Crippen LogP contribution >= 0.6 is 12.4 Å². The highest BCUT2D eigenvalue weighted by Gasteiger charge is 2.49. The first-order valence-corrected chi connectivity index (χ1v) is 9.10. The zero-order valence-electron chi connectivity index (χ0n) is 14.3. The van der Waals surface area contributed by atoms with E-state index in [-0.39, 0.29) is 35.6 Å². The Morgan fingerprint density at radius 2 is 1.84 bits per heavy atom. The first-order chi connectivity index (χ1) is 11.7. The van der Waals surface area contributed by atoms with Gasteiger partial charge in [0.15, 0.2) is 0 Å². The minimum Gasteiger partial charge on any atom is -0.326 e. The van der Waals surface area contributed by atoms with E-state index in [9.17, 15) is 9.59 Å². The molecule has 0 radical (unpaired) electrons. The Hall–Kier alpha value is -1.59. The average molecular weight is 364 g/mol.